The van der Waals surface area contributed by atoms with Gasteiger partial charge in [0.15, 0.2) is 0 Å². The van der Waals surface area contributed by atoms with E-state index in [1.165, 1.54) is 24.9 Å². The molecule has 0 aliphatic carbocycles. The smallest absolute Gasteiger partial charge is 0.253 e. The molecule has 0 unspecified atom stereocenters. The van der Waals surface area contributed by atoms with Gasteiger partial charge in [-0.3, -0.25) is 4.79 Å². The van der Waals surface area contributed by atoms with Crippen molar-refractivity contribution in [1.82, 2.24) is 4.90 Å². The van der Waals surface area contributed by atoms with Crippen molar-refractivity contribution in [3.05, 3.63) is 59.7 Å². The second-order valence-corrected chi connectivity index (χ2v) is 7.32. The number of nitrogens with zero attached hydrogens (tertiary/aromatic N) is 3. The summed E-state index contributed by atoms with van der Waals surface area (Å²) in [6.07, 6.45) is 3.91. The van der Waals surface area contributed by atoms with Gasteiger partial charge in [-0.1, -0.05) is 12.1 Å². The molecular formula is C22H29N3O. The minimum Gasteiger partial charge on any atom is -0.378 e. The van der Waals surface area contributed by atoms with Crippen LogP contribution in [0, 0.1) is 0 Å². The van der Waals surface area contributed by atoms with E-state index in [-0.39, 0.29) is 5.91 Å². The number of rotatable bonds is 5. The highest BCUT2D eigenvalue weighted by atomic mass is 16.2. The van der Waals surface area contributed by atoms with Crippen molar-refractivity contribution in [2.75, 3.05) is 44.0 Å². The molecule has 4 heteroatoms. The van der Waals surface area contributed by atoms with Crippen LogP contribution in [0.25, 0.3) is 0 Å². The van der Waals surface area contributed by atoms with E-state index in [1.54, 1.807) is 4.90 Å². The van der Waals surface area contributed by atoms with Gasteiger partial charge in [0.2, 0.25) is 0 Å². The van der Waals surface area contributed by atoms with Crippen LogP contribution in [0.2, 0.25) is 0 Å². The lowest BCUT2D eigenvalue weighted by atomic mass is 10.1. The third kappa shape index (κ3) is 4.37. The van der Waals surface area contributed by atoms with Crippen LogP contribution < -0.4 is 9.80 Å². The summed E-state index contributed by atoms with van der Waals surface area (Å²) in [5, 5.41) is 0. The molecule has 0 N–H and O–H groups in total. The van der Waals surface area contributed by atoms with E-state index in [2.05, 4.69) is 29.2 Å². The Balaban J connectivity index is 1.61. The Bertz CT molecular complexity index is 716. The van der Waals surface area contributed by atoms with Crippen molar-refractivity contribution >= 4 is 17.3 Å². The maximum absolute atomic E-state index is 12.6. The van der Waals surface area contributed by atoms with Crippen LogP contribution in [0.1, 0.15) is 35.2 Å². The first-order valence-corrected chi connectivity index (χ1v) is 9.41. The molecule has 1 aliphatic heterocycles. The fraction of sp³-hybridized carbons (Fsp3) is 0.409. The van der Waals surface area contributed by atoms with E-state index >= 15 is 0 Å². The van der Waals surface area contributed by atoms with Crippen molar-refractivity contribution in [2.45, 2.75) is 25.8 Å². The van der Waals surface area contributed by atoms with Crippen LogP contribution >= 0.6 is 0 Å². The first-order valence-electron chi connectivity index (χ1n) is 9.41. The molecule has 1 fully saturated rings. The van der Waals surface area contributed by atoms with Crippen LogP contribution in [0.4, 0.5) is 11.4 Å². The Hall–Kier alpha value is -2.49. The number of carbonyl (C=O) groups excluding carboxylic acids is 1. The molecule has 2 aromatic rings. The Kier molecular flexibility index (Phi) is 5.82. The second kappa shape index (κ2) is 8.26. The van der Waals surface area contributed by atoms with Gasteiger partial charge in [0.05, 0.1) is 0 Å². The molecular weight excluding hydrogens is 322 g/mol. The SMILES string of the molecule is CN(Cc1ccc(N2CCCCC2)cc1)C(=O)c1ccc(N(C)C)cc1. The minimum absolute atomic E-state index is 0.0513. The summed E-state index contributed by atoms with van der Waals surface area (Å²) in [6.45, 7) is 2.93. The lowest BCUT2D eigenvalue weighted by Gasteiger charge is -2.29. The molecule has 26 heavy (non-hydrogen) atoms. The van der Waals surface area contributed by atoms with Crippen molar-refractivity contribution in [3.8, 4) is 0 Å². The second-order valence-electron chi connectivity index (χ2n) is 7.32. The summed E-state index contributed by atoms with van der Waals surface area (Å²) >= 11 is 0. The normalized spacial score (nSPS) is 14.2. The fourth-order valence-corrected chi connectivity index (χ4v) is 3.43. The molecule has 1 saturated heterocycles. The lowest BCUT2D eigenvalue weighted by molar-refractivity contribution is 0.0785. The van der Waals surface area contributed by atoms with Crippen LogP contribution in [-0.4, -0.2) is 45.0 Å². The average Bonchev–Trinajstić information content (AvgIpc) is 2.68. The molecule has 1 heterocycles. The molecule has 3 rings (SSSR count). The predicted octanol–water partition coefficient (Wildman–Crippen LogP) is 4.02. The van der Waals surface area contributed by atoms with Crippen molar-refractivity contribution in [2.24, 2.45) is 0 Å². The summed E-state index contributed by atoms with van der Waals surface area (Å²) in [5.74, 6) is 0.0513. The molecule has 0 spiro atoms. The summed E-state index contributed by atoms with van der Waals surface area (Å²) in [4.78, 5) is 18.9. The molecule has 0 radical (unpaired) electrons. The van der Waals surface area contributed by atoms with Gasteiger partial charge in [0.1, 0.15) is 0 Å². The van der Waals surface area contributed by atoms with Crippen LogP contribution in [0.3, 0.4) is 0 Å². The first kappa shape index (κ1) is 18.3. The molecule has 0 atom stereocenters. The van der Waals surface area contributed by atoms with Gasteiger partial charge in [-0.25, -0.2) is 0 Å². The van der Waals surface area contributed by atoms with Gasteiger partial charge in [-0.2, -0.15) is 0 Å². The fourth-order valence-electron chi connectivity index (χ4n) is 3.43. The summed E-state index contributed by atoms with van der Waals surface area (Å²) < 4.78 is 0. The molecule has 1 aliphatic rings. The third-order valence-electron chi connectivity index (χ3n) is 5.05. The maximum atomic E-state index is 12.6. The zero-order valence-corrected chi connectivity index (χ0v) is 16.1. The molecule has 1 amide bonds. The number of anilines is 2. The number of piperidine rings is 1. The number of benzene rings is 2. The topological polar surface area (TPSA) is 26.8 Å². The van der Waals surface area contributed by atoms with Crippen LogP contribution in [0.5, 0.6) is 0 Å². The third-order valence-corrected chi connectivity index (χ3v) is 5.05. The standard InChI is InChI=1S/C22H29N3O/c1-23(2)20-13-9-19(10-14-20)22(26)24(3)17-18-7-11-21(12-8-18)25-15-5-4-6-16-25/h7-14H,4-6,15-17H2,1-3H3. The Morgan fingerprint density at radius 3 is 2.08 bits per heavy atom. The molecule has 0 saturated carbocycles. The van der Waals surface area contributed by atoms with Gasteiger partial charge in [-0.05, 0) is 61.2 Å². The van der Waals surface area contributed by atoms with Crippen LogP contribution in [-0.2, 0) is 6.54 Å². The van der Waals surface area contributed by atoms with E-state index < -0.39 is 0 Å². The highest BCUT2D eigenvalue weighted by Crippen LogP contribution is 2.21. The van der Waals surface area contributed by atoms with Crippen molar-refractivity contribution < 1.29 is 4.79 Å². The van der Waals surface area contributed by atoms with E-state index in [1.807, 2.05) is 50.3 Å². The average molecular weight is 351 g/mol. The summed E-state index contributed by atoms with van der Waals surface area (Å²) in [7, 11) is 5.85. The summed E-state index contributed by atoms with van der Waals surface area (Å²) in [5.41, 5.74) is 4.27. The van der Waals surface area contributed by atoms with E-state index in [4.69, 9.17) is 0 Å². The maximum Gasteiger partial charge on any atom is 0.253 e. The van der Waals surface area contributed by atoms with Gasteiger partial charge >= 0.3 is 0 Å². The molecule has 4 nitrogen and oxygen atoms in total. The monoisotopic (exact) mass is 351 g/mol. The highest BCUT2D eigenvalue weighted by molar-refractivity contribution is 5.94. The molecule has 0 bridgehead atoms. The van der Waals surface area contributed by atoms with Gasteiger partial charge < -0.3 is 14.7 Å². The predicted molar refractivity (Wildman–Crippen MR) is 109 cm³/mol. The van der Waals surface area contributed by atoms with E-state index in [9.17, 15) is 4.79 Å². The Labute approximate surface area is 157 Å². The van der Waals surface area contributed by atoms with Crippen LogP contribution in [0.15, 0.2) is 48.5 Å². The quantitative estimate of drug-likeness (QED) is 0.814. The zero-order valence-electron chi connectivity index (χ0n) is 16.1. The van der Waals surface area contributed by atoms with E-state index in [0.29, 0.717) is 6.54 Å². The Morgan fingerprint density at radius 1 is 0.885 bits per heavy atom. The molecule has 2 aromatic carbocycles. The number of carbonyl (C=O) groups is 1. The zero-order chi connectivity index (χ0) is 18.5. The number of hydrogen-bond acceptors (Lipinski definition) is 3. The van der Waals surface area contributed by atoms with Crippen molar-refractivity contribution in [3.63, 3.8) is 0 Å². The molecule has 138 valence electrons. The first-order chi connectivity index (χ1) is 12.5. The highest BCUT2D eigenvalue weighted by Gasteiger charge is 2.14. The Morgan fingerprint density at radius 2 is 1.50 bits per heavy atom. The number of hydrogen-bond donors (Lipinski definition) is 0. The van der Waals surface area contributed by atoms with Gasteiger partial charge in [0, 0.05) is 57.7 Å². The minimum atomic E-state index is 0.0513. The molecule has 0 aromatic heterocycles. The number of amides is 1. The summed E-state index contributed by atoms with van der Waals surface area (Å²) in [6, 6.07) is 16.4. The lowest BCUT2D eigenvalue weighted by Crippen LogP contribution is -2.29. The van der Waals surface area contributed by atoms with Gasteiger partial charge in [0.25, 0.3) is 5.91 Å². The van der Waals surface area contributed by atoms with Gasteiger partial charge in [-0.15, -0.1) is 0 Å². The van der Waals surface area contributed by atoms with E-state index in [0.717, 1.165) is 29.9 Å². The van der Waals surface area contributed by atoms with Crippen molar-refractivity contribution in [1.29, 1.82) is 0 Å². The largest absolute Gasteiger partial charge is 0.378 e.